The van der Waals surface area contributed by atoms with Crippen molar-refractivity contribution >= 4 is 23.0 Å². The molecule has 2 aromatic carbocycles. The van der Waals surface area contributed by atoms with E-state index in [1.807, 2.05) is 0 Å². The Hall–Kier alpha value is -2.34. The van der Waals surface area contributed by atoms with E-state index in [1.54, 1.807) is 18.2 Å². The molecule has 0 spiro atoms. The van der Waals surface area contributed by atoms with E-state index in [4.69, 9.17) is 16.3 Å². The highest BCUT2D eigenvalue weighted by Gasteiger charge is 2.14. The maximum absolute atomic E-state index is 13.5. The van der Waals surface area contributed by atoms with Crippen LogP contribution in [0.1, 0.15) is 5.56 Å². The first kappa shape index (κ1) is 15.1. The third-order valence-corrected chi connectivity index (χ3v) is 3.11. The molecule has 0 aliphatic heterocycles. The molecule has 0 radical (unpaired) electrons. The van der Waals surface area contributed by atoms with Gasteiger partial charge in [-0.15, -0.1) is 0 Å². The zero-order valence-electron chi connectivity index (χ0n) is 11.1. The summed E-state index contributed by atoms with van der Waals surface area (Å²) in [4.78, 5) is 10.5. The third kappa shape index (κ3) is 3.61. The van der Waals surface area contributed by atoms with Crippen LogP contribution in [0.3, 0.4) is 0 Å². The van der Waals surface area contributed by atoms with Gasteiger partial charge >= 0.3 is 0 Å². The van der Waals surface area contributed by atoms with Gasteiger partial charge < -0.3 is 10.1 Å². The van der Waals surface area contributed by atoms with Crippen LogP contribution in [0, 0.1) is 15.9 Å². The Morgan fingerprint density at radius 1 is 1.33 bits per heavy atom. The van der Waals surface area contributed by atoms with Gasteiger partial charge in [-0.25, -0.2) is 4.39 Å². The number of hydrogen-bond donors (Lipinski definition) is 1. The molecule has 0 heterocycles. The van der Waals surface area contributed by atoms with Gasteiger partial charge in [-0.1, -0.05) is 11.6 Å². The van der Waals surface area contributed by atoms with Crippen molar-refractivity contribution in [2.45, 2.75) is 6.54 Å². The van der Waals surface area contributed by atoms with Crippen molar-refractivity contribution in [3.63, 3.8) is 0 Å². The topological polar surface area (TPSA) is 64.4 Å². The van der Waals surface area contributed by atoms with Crippen molar-refractivity contribution in [2.24, 2.45) is 0 Å². The number of halogens is 2. The van der Waals surface area contributed by atoms with Gasteiger partial charge in [0.2, 0.25) is 0 Å². The van der Waals surface area contributed by atoms with Crippen molar-refractivity contribution < 1.29 is 14.1 Å². The molecule has 5 nitrogen and oxygen atoms in total. The summed E-state index contributed by atoms with van der Waals surface area (Å²) >= 11 is 5.74. The predicted octanol–water partition coefficient (Wildman–Crippen LogP) is 4.01. The van der Waals surface area contributed by atoms with Gasteiger partial charge in [0.05, 0.1) is 12.0 Å². The number of nitrogens with one attached hydrogen (secondary N) is 1. The molecule has 2 aromatic rings. The standard InChI is InChI=1S/C14H12ClFN2O3/c1-21-14-5-4-11(7-12(14)16)17-8-9-2-3-10(15)6-13(9)18(19)20/h2-7,17H,8H2,1H3. The molecule has 0 aliphatic rings. The molecule has 0 unspecified atom stereocenters. The fraction of sp³-hybridized carbons (Fsp3) is 0.143. The van der Waals surface area contributed by atoms with Crippen LogP contribution in [-0.4, -0.2) is 12.0 Å². The third-order valence-electron chi connectivity index (χ3n) is 2.88. The number of nitrogens with zero attached hydrogens (tertiary/aromatic N) is 1. The Bertz CT molecular complexity index is 679. The summed E-state index contributed by atoms with van der Waals surface area (Å²) in [6.07, 6.45) is 0. The summed E-state index contributed by atoms with van der Waals surface area (Å²) in [5, 5.41) is 14.2. The monoisotopic (exact) mass is 310 g/mol. The van der Waals surface area contributed by atoms with Gasteiger partial charge in [0, 0.05) is 35.0 Å². The number of methoxy groups -OCH3 is 1. The molecule has 0 bridgehead atoms. The van der Waals surface area contributed by atoms with E-state index >= 15 is 0 Å². The number of ether oxygens (including phenoxy) is 1. The lowest BCUT2D eigenvalue weighted by molar-refractivity contribution is -0.385. The number of benzene rings is 2. The first-order chi connectivity index (χ1) is 10.0. The van der Waals surface area contributed by atoms with Crippen LogP contribution in [-0.2, 0) is 6.54 Å². The van der Waals surface area contributed by atoms with E-state index in [0.717, 1.165) is 0 Å². The van der Waals surface area contributed by atoms with Gasteiger partial charge in [-0.05, 0) is 24.3 Å². The first-order valence-electron chi connectivity index (χ1n) is 6.01. The Kier molecular flexibility index (Phi) is 4.59. The summed E-state index contributed by atoms with van der Waals surface area (Å²) in [6.45, 7) is 0.180. The van der Waals surface area contributed by atoms with Crippen LogP contribution in [0.5, 0.6) is 5.75 Å². The molecule has 2 rings (SSSR count). The van der Waals surface area contributed by atoms with Gasteiger partial charge in [-0.3, -0.25) is 10.1 Å². The molecular formula is C14H12ClFN2O3. The lowest BCUT2D eigenvalue weighted by atomic mass is 10.1. The van der Waals surface area contributed by atoms with Gasteiger partial charge in [-0.2, -0.15) is 0 Å². The summed E-state index contributed by atoms with van der Waals surface area (Å²) in [5.74, 6) is -0.369. The summed E-state index contributed by atoms with van der Waals surface area (Å²) in [5.41, 5.74) is 0.877. The van der Waals surface area contributed by atoms with Gasteiger partial charge in [0.1, 0.15) is 0 Å². The maximum Gasteiger partial charge on any atom is 0.275 e. The molecule has 0 saturated carbocycles. The van der Waals surface area contributed by atoms with E-state index in [-0.39, 0.29) is 18.0 Å². The van der Waals surface area contributed by atoms with Crippen molar-refractivity contribution in [1.82, 2.24) is 0 Å². The smallest absolute Gasteiger partial charge is 0.275 e. The van der Waals surface area contributed by atoms with Crippen LogP contribution in [0.15, 0.2) is 36.4 Å². The molecule has 110 valence electrons. The van der Waals surface area contributed by atoms with Crippen LogP contribution in [0.25, 0.3) is 0 Å². The van der Waals surface area contributed by atoms with E-state index in [2.05, 4.69) is 5.32 Å². The fourth-order valence-electron chi connectivity index (χ4n) is 1.83. The summed E-state index contributed by atoms with van der Waals surface area (Å²) in [6, 6.07) is 8.79. The average Bonchev–Trinajstić information content (AvgIpc) is 2.46. The van der Waals surface area contributed by atoms with E-state index in [9.17, 15) is 14.5 Å². The molecule has 1 N–H and O–H groups in total. The molecule has 21 heavy (non-hydrogen) atoms. The van der Waals surface area contributed by atoms with Gasteiger partial charge in [0.25, 0.3) is 5.69 Å². The predicted molar refractivity (Wildman–Crippen MR) is 78.4 cm³/mol. The summed E-state index contributed by atoms with van der Waals surface area (Å²) < 4.78 is 18.4. The molecule has 0 saturated heterocycles. The summed E-state index contributed by atoms with van der Waals surface area (Å²) in [7, 11) is 1.38. The minimum atomic E-state index is -0.506. The normalized spacial score (nSPS) is 10.2. The minimum absolute atomic E-state index is 0.0796. The van der Waals surface area contributed by atoms with Crippen LogP contribution >= 0.6 is 11.6 Å². The minimum Gasteiger partial charge on any atom is -0.494 e. The number of rotatable bonds is 5. The SMILES string of the molecule is COc1ccc(NCc2ccc(Cl)cc2[N+](=O)[O-])cc1F. The highest BCUT2D eigenvalue weighted by Crippen LogP contribution is 2.25. The van der Waals surface area contributed by atoms with Crippen molar-refractivity contribution in [1.29, 1.82) is 0 Å². The fourth-order valence-corrected chi connectivity index (χ4v) is 2.00. The Balaban J connectivity index is 2.16. The Labute approximate surface area is 125 Å². The zero-order chi connectivity index (χ0) is 15.4. The van der Waals surface area contributed by atoms with Crippen LogP contribution in [0.4, 0.5) is 15.8 Å². The second-order valence-electron chi connectivity index (χ2n) is 4.23. The Morgan fingerprint density at radius 2 is 2.10 bits per heavy atom. The lowest BCUT2D eigenvalue weighted by Crippen LogP contribution is -2.03. The first-order valence-corrected chi connectivity index (χ1v) is 6.39. The number of nitro groups is 1. The molecule has 0 aromatic heterocycles. The van der Waals surface area contributed by atoms with Gasteiger partial charge in [0.15, 0.2) is 11.6 Å². The maximum atomic E-state index is 13.5. The van der Waals surface area contributed by atoms with E-state index in [0.29, 0.717) is 16.3 Å². The van der Waals surface area contributed by atoms with Crippen molar-refractivity contribution in [3.05, 3.63) is 62.9 Å². The van der Waals surface area contributed by atoms with E-state index < -0.39 is 10.7 Å². The second-order valence-corrected chi connectivity index (χ2v) is 4.67. The Morgan fingerprint density at radius 3 is 2.71 bits per heavy atom. The number of nitro benzene ring substituents is 1. The average molecular weight is 311 g/mol. The molecule has 0 fully saturated rings. The van der Waals surface area contributed by atoms with Crippen molar-refractivity contribution in [3.8, 4) is 5.75 Å². The highest BCUT2D eigenvalue weighted by atomic mass is 35.5. The molecule has 0 aliphatic carbocycles. The number of anilines is 1. The largest absolute Gasteiger partial charge is 0.494 e. The number of hydrogen-bond acceptors (Lipinski definition) is 4. The molecule has 0 atom stereocenters. The van der Waals surface area contributed by atoms with Crippen LogP contribution < -0.4 is 10.1 Å². The molecule has 7 heteroatoms. The molecular weight excluding hydrogens is 299 g/mol. The quantitative estimate of drug-likeness (QED) is 0.669. The molecule has 0 amide bonds. The highest BCUT2D eigenvalue weighted by molar-refractivity contribution is 6.30. The zero-order valence-corrected chi connectivity index (χ0v) is 11.9. The van der Waals surface area contributed by atoms with E-state index in [1.165, 1.54) is 25.3 Å². The second kappa shape index (κ2) is 6.41. The van der Waals surface area contributed by atoms with Crippen LogP contribution in [0.2, 0.25) is 5.02 Å². The van der Waals surface area contributed by atoms with Crippen molar-refractivity contribution in [2.75, 3.05) is 12.4 Å². The lowest BCUT2D eigenvalue weighted by Gasteiger charge is -2.09.